The van der Waals surface area contributed by atoms with Gasteiger partial charge >= 0.3 is 24.0 Å². The Labute approximate surface area is 91.4 Å². The molecule has 0 amide bonds. The largest absolute Gasteiger partial charge is 0.477 e. The molecule has 104 valence electrons. The summed E-state index contributed by atoms with van der Waals surface area (Å²) in [7, 11) is 0. The maximum absolute atomic E-state index is 11.8. The highest BCUT2D eigenvalue weighted by molar-refractivity contribution is 5.76. The van der Waals surface area contributed by atoms with Gasteiger partial charge in [-0.15, -0.1) is 0 Å². The summed E-state index contributed by atoms with van der Waals surface area (Å²) >= 11 is 0. The Morgan fingerprint density at radius 1 is 1.12 bits per heavy atom. The molecular weight excluding hydrogens is 263 g/mol. The van der Waals surface area contributed by atoms with Crippen molar-refractivity contribution < 1.29 is 40.6 Å². The first-order chi connectivity index (χ1) is 7.36. The molecule has 0 aliphatic rings. The van der Waals surface area contributed by atoms with Crippen LogP contribution in [-0.4, -0.2) is 35.6 Å². The molecule has 3 nitrogen and oxygen atoms in total. The van der Waals surface area contributed by atoms with Gasteiger partial charge in [0, 0.05) is 0 Å². The number of rotatable bonds is 3. The monoisotopic (exact) mass is 273 g/mol. The van der Waals surface area contributed by atoms with E-state index in [0.717, 1.165) is 13.0 Å². The average Bonchev–Trinajstić information content (AvgIpc) is 2.16. The fraction of sp³-hybridized carbons (Fsp3) is 0.857. The summed E-state index contributed by atoms with van der Waals surface area (Å²) in [5.41, 5.74) is 5.03. The molecule has 0 aromatic carbocycles. The van der Waals surface area contributed by atoms with Crippen LogP contribution in [0.5, 0.6) is 0 Å². The second kappa shape index (κ2) is 6.03. The zero-order valence-electron chi connectivity index (χ0n) is 8.49. The van der Waals surface area contributed by atoms with Crippen LogP contribution in [0.3, 0.4) is 0 Å². The second-order valence-corrected chi connectivity index (χ2v) is 2.74. The van der Waals surface area contributed by atoms with Gasteiger partial charge in [0.2, 0.25) is 0 Å². The number of aliphatic carboxylic acids is 1. The first-order valence-corrected chi connectivity index (χ1v) is 4.12. The summed E-state index contributed by atoms with van der Waals surface area (Å²) in [4.78, 5) is 9.38. The summed E-state index contributed by atoms with van der Waals surface area (Å²) < 4.78 is 80.5. The Balaban J connectivity index is 0. The second-order valence-electron chi connectivity index (χ2n) is 2.74. The van der Waals surface area contributed by atoms with Crippen molar-refractivity contribution >= 4 is 5.97 Å². The van der Waals surface area contributed by atoms with E-state index < -0.39 is 24.0 Å². The van der Waals surface area contributed by atoms with Crippen LogP contribution in [0.4, 0.5) is 30.7 Å². The van der Waals surface area contributed by atoms with E-state index in [4.69, 9.17) is 10.8 Å². The van der Waals surface area contributed by atoms with Crippen LogP contribution in [0.2, 0.25) is 0 Å². The molecule has 0 heterocycles. The molecule has 0 aliphatic carbocycles. The van der Waals surface area contributed by atoms with Gasteiger partial charge in [-0.25, -0.2) is 4.79 Å². The topological polar surface area (TPSA) is 63.3 Å². The number of carbonyl (C=O) groups is 1. The third-order valence-corrected chi connectivity index (χ3v) is 1.31. The molecular formula is C7H10F7NO2. The van der Waals surface area contributed by atoms with Gasteiger partial charge < -0.3 is 10.8 Å². The molecule has 0 rings (SSSR count). The van der Waals surface area contributed by atoms with Gasteiger partial charge in [0.25, 0.3) is 0 Å². The van der Waals surface area contributed by atoms with Crippen LogP contribution in [0.1, 0.15) is 13.3 Å². The smallest absolute Gasteiger partial charge is 0.460 e. The minimum absolute atomic E-state index is 0.819. The Morgan fingerprint density at radius 3 is 1.47 bits per heavy atom. The predicted molar refractivity (Wildman–Crippen MR) is 42.9 cm³/mol. The van der Waals surface area contributed by atoms with E-state index in [2.05, 4.69) is 6.92 Å². The van der Waals surface area contributed by atoms with E-state index in [1.165, 1.54) is 0 Å². The summed E-state index contributed by atoms with van der Waals surface area (Å²) in [6.45, 7) is 2.88. The normalized spacial score (nSPS) is 12.8. The first-order valence-electron chi connectivity index (χ1n) is 4.12. The van der Waals surface area contributed by atoms with E-state index in [0.29, 0.717) is 0 Å². The molecule has 17 heavy (non-hydrogen) atoms. The summed E-state index contributed by atoms with van der Waals surface area (Å²) in [5.74, 6) is -16.3. The number of halogens is 7. The third-order valence-electron chi connectivity index (χ3n) is 1.31. The lowest BCUT2D eigenvalue weighted by atomic mass is 10.1. The molecule has 0 unspecified atom stereocenters. The Hall–Kier alpha value is -1.06. The maximum atomic E-state index is 11.8. The number of carboxylic acids is 1. The SMILES string of the molecule is CCCN.O=C(O)C(F)(F)C(F)(F)C(F)(F)F. The lowest BCUT2D eigenvalue weighted by Gasteiger charge is -2.24. The molecule has 0 saturated heterocycles. The van der Waals surface area contributed by atoms with Crippen molar-refractivity contribution in [3.63, 3.8) is 0 Å². The van der Waals surface area contributed by atoms with Crippen molar-refractivity contribution in [1.82, 2.24) is 0 Å². The summed E-state index contributed by atoms with van der Waals surface area (Å²) in [6, 6.07) is 0. The van der Waals surface area contributed by atoms with Crippen LogP contribution in [0, 0.1) is 0 Å². The van der Waals surface area contributed by atoms with Crippen LogP contribution in [-0.2, 0) is 4.79 Å². The highest BCUT2D eigenvalue weighted by Gasteiger charge is 2.76. The molecule has 0 fully saturated rings. The summed E-state index contributed by atoms with van der Waals surface area (Å²) in [6.07, 6.45) is -5.51. The zero-order chi connectivity index (χ0) is 14.5. The van der Waals surface area contributed by atoms with Crippen molar-refractivity contribution in [2.75, 3.05) is 6.54 Å². The summed E-state index contributed by atoms with van der Waals surface area (Å²) in [5, 5.41) is 7.41. The maximum Gasteiger partial charge on any atom is 0.460 e. The third kappa shape index (κ3) is 4.36. The molecule has 0 bridgehead atoms. The molecule has 0 aromatic heterocycles. The van der Waals surface area contributed by atoms with E-state index in [1.807, 2.05) is 0 Å². The van der Waals surface area contributed by atoms with E-state index in [9.17, 15) is 35.5 Å². The highest BCUT2D eigenvalue weighted by atomic mass is 19.4. The van der Waals surface area contributed by atoms with Crippen LogP contribution >= 0.6 is 0 Å². The predicted octanol–water partition coefficient (Wildman–Crippen LogP) is 2.26. The quantitative estimate of drug-likeness (QED) is 0.775. The van der Waals surface area contributed by atoms with Crippen molar-refractivity contribution in [3.8, 4) is 0 Å². The highest BCUT2D eigenvalue weighted by Crippen LogP contribution is 2.46. The molecule has 0 saturated carbocycles. The van der Waals surface area contributed by atoms with E-state index >= 15 is 0 Å². The average molecular weight is 273 g/mol. The first kappa shape index (κ1) is 18.3. The van der Waals surface area contributed by atoms with Crippen LogP contribution < -0.4 is 5.73 Å². The van der Waals surface area contributed by atoms with E-state index in [1.54, 1.807) is 0 Å². The van der Waals surface area contributed by atoms with Crippen LogP contribution in [0.25, 0.3) is 0 Å². The Bertz CT molecular complexity index is 249. The van der Waals surface area contributed by atoms with Gasteiger partial charge in [0.1, 0.15) is 0 Å². The molecule has 0 aliphatic heterocycles. The number of hydrogen-bond donors (Lipinski definition) is 2. The van der Waals surface area contributed by atoms with Crippen molar-refractivity contribution in [2.45, 2.75) is 31.4 Å². The van der Waals surface area contributed by atoms with Gasteiger partial charge in [-0.3, -0.25) is 0 Å². The molecule has 0 spiro atoms. The fourth-order valence-corrected chi connectivity index (χ4v) is 0.312. The standard InChI is InChI=1S/C4HF7O2.C3H9N/c5-2(6,1(12)13)3(7,8)4(9,10)11;1-2-3-4/h(H,12,13);2-4H2,1H3. The van der Waals surface area contributed by atoms with Crippen LogP contribution in [0.15, 0.2) is 0 Å². The number of carboxylic acid groups (broad SMARTS) is 1. The zero-order valence-corrected chi connectivity index (χ0v) is 8.49. The van der Waals surface area contributed by atoms with Gasteiger partial charge in [-0.1, -0.05) is 6.92 Å². The molecule has 0 aromatic rings. The Morgan fingerprint density at radius 2 is 1.41 bits per heavy atom. The molecule has 3 N–H and O–H groups in total. The van der Waals surface area contributed by atoms with Crippen molar-refractivity contribution in [2.24, 2.45) is 5.73 Å². The van der Waals surface area contributed by atoms with Gasteiger partial charge in [-0.2, -0.15) is 30.7 Å². The lowest BCUT2D eigenvalue weighted by Crippen LogP contribution is -2.56. The Kier molecular flexibility index (Phi) is 6.50. The molecule has 0 radical (unpaired) electrons. The number of alkyl halides is 7. The molecule has 0 atom stereocenters. The van der Waals surface area contributed by atoms with E-state index in [-0.39, 0.29) is 0 Å². The fourth-order valence-electron chi connectivity index (χ4n) is 0.312. The van der Waals surface area contributed by atoms with Crippen molar-refractivity contribution in [1.29, 1.82) is 0 Å². The number of hydrogen-bond acceptors (Lipinski definition) is 2. The van der Waals surface area contributed by atoms with Gasteiger partial charge in [0.05, 0.1) is 0 Å². The molecule has 10 heteroatoms. The van der Waals surface area contributed by atoms with Gasteiger partial charge in [-0.05, 0) is 13.0 Å². The minimum Gasteiger partial charge on any atom is -0.477 e. The lowest BCUT2D eigenvalue weighted by molar-refractivity contribution is -0.347. The van der Waals surface area contributed by atoms with Gasteiger partial charge in [0.15, 0.2) is 0 Å². The minimum atomic E-state index is -6.60. The van der Waals surface area contributed by atoms with Crippen molar-refractivity contribution in [3.05, 3.63) is 0 Å². The number of nitrogens with two attached hydrogens (primary N) is 1.